The van der Waals surface area contributed by atoms with Gasteiger partial charge in [-0.3, -0.25) is 4.79 Å². The molecular weight excluding hydrogens is 458 g/mol. The number of ether oxygens (including phenoxy) is 2. The number of ketones is 1. The number of carbonyl (C=O) groups is 2. The maximum atomic E-state index is 13.3. The number of rotatable bonds is 5. The van der Waals surface area contributed by atoms with E-state index in [-0.39, 0.29) is 12.4 Å². The first-order chi connectivity index (χ1) is 15.0. The topological polar surface area (TPSA) is 64.6 Å². The lowest BCUT2D eigenvalue weighted by atomic mass is 9.75. The summed E-state index contributed by atoms with van der Waals surface area (Å²) in [6, 6.07) is 15.2. The van der Waals surface area contributed by atoms with Gasteiger partial charge in [0.05, 0.1) is 18.6 Å². The number of hydrogen-bond acceptors (Lipinski definition) is 5. The zero-order chi connectivity index (χ0) is 22.0. The summed E-state index contributed by atoms with van der Waals surface area (Å²) in [7, 11) is 1.59. The molecule has 1 N–H and O–H groups in total. The molecule has 1 aliphatic heterocycles. The fraction of sp³-hybridized carbons (Fsp3) is 0.280. The zero-order valence-corrected chi connectivity index (χ0v) is 19.1. The predicted molar refractivity (Wildman–Crippen MR) is 121 cm³/mol. The van der Waals surface area contributed by atoms with E-state index in [1.54, 1.807) is 7.11 Å². The summed E-state index contributed by atoms with van der Waals surface area (Å²) in [4.78, 5) is 26.4. The highest BCUT2D eigenvalue weighted by molar-refractivity contribution is 9.10. The summed E-state index contributed by atoms with van der Waals surface area (Å²) in [5.41, 5.74) is 4.36. The van der Waals surface area contributed by atoms with Crippen LogP contribution in [0.15, 0.2) is 75.5 Å². The molecule has 1 heterocycles. The molecule has 2 aromatic rings. The monoisotopic (exact) mass is 481 g/mol. The quantitative estimate of drug-likeness (QED) is 0.596. The smallest absolute Gasteiger partial charge is 0.337 e. The normalized spacial score (nSPS) is 18.4. The molecular formula is C25H24BrNO4. The van der Waals surface area contributed by atoms with Crippen molar-refractivity contribution in [2.45, 2.75) is 38.7 Å². The minimum Gasteiger partial charge on any atom is -0.496 e. The third-order valence-corrected chi connectivity index (χ3v) is 6.20. The highest BCUT2D eigenvalue weighted by Crippen LogP contribution is 2.45. The molecule has 2 aliphatic rings. The second-order valence-electron chi connectivity index (χ2n) is 7.71. The van der Waals surface area contributed by atoms with E-state index in [9.17, 15) is 9.59 Å². The van der Waals surface area contributed by atoms with Crippen molar-refractivity contribution in [2.75, 3.05) is 7.11 Å². The molecule has 1 unspecified atom stereocenters. The number of dihydropyridines is 1. The molecule has 1 atom stereocenters. The van der Waals surface area contributed by atoms with Crippen LogP contribution in [0.4, 0.5) is 0 Å². The van der Waals surface area contributed by atoms with Gasteiger partial charge in [-0.15, -0.1) is 0 Å². The van der Waals surface area contributed by atoms with Crippen LogP contribution in [-0.2, 0) is 20.9 Å². The van der Waals surface area contributed by atoms with E-state index >= 15 is 0 Å². The van der Waals surface area contributed by atoms with E-state index in [1.165, 1.54) is 0 Å². The number of halogens is 1. The molecule has 0 fully saturated rings. The summed E-state index contributed by atoms with van der Waals surface area (Å²) in [6.45, 7) is 2.03. The zero-order valence-electron chi connectivity index (χ0n) is 17.5. The molecule has 0 saturated carbocycles. The van der Waals surface area contributed by atoms with Crippen molar-refractivity contribution >= 4 is 27.7 Å². The number of hydrogen-bond donors (Lipinski definition) is 1. The maximum Gasteiger partial charge on any atom is 0.337 e. The van der Waals surface area contributed by atoms with Crippen LogP contribution in [0.3, 0.4) is 0 Å². The lowest BCUT2D eigenvalue weighted by molar-refractivity contribution is -0.140. The van der Waals surface area contributed by atoms with Gasteiger partial charge >= 0.3 is 5.97 Å². The molecule has 2 aromatic carbocycles. The van der Waals surface area contributed by atoms with Gasteiger partial charge in [0.15, 0.2) is 5.78 Å². The van der Waals surface area contributed by atoms with Gasteiger partial charge in [0, 0.05) is 33.4 Å². The first-order valence-corrected chi connectivity index (χ1v) is 11.1. The fourth-order valence-corrected chi connectivity index (χ4v) is 4.68. The van der Waals surface area contributed by atoms with E-state index in [2.05, 4.69) is 21.2 Å². The Labute approximate surface area is 190 Å². The summed E-state index contributed by atoms with van der Waals surface area (Å²) in [5.74, 6) is -0.298. The first kappa shape index (κ1) is 21.4. The van der Waals surface area contributed by atoms with Gasteiger partial charge in [0.1, 0.15) is 12.4 Å². The molecule has 1 aliphatic carbocycles. The Kier molecular flexibility index (Phi) is 6.28. The van der Waals surface area contributed by atoms with Crippen LogP contribution in [-0.4, -0.2) is 18.9 Å². The maximum absolute atomic E-state index is 13.3. The van der Waals surface area contributed by atoms with Crippen molar-refractivity contribution < 1.29 is 19.1 Å². The molecule has 160 valence electrons. The molecule has 0 radical (unpaired) electrons. The van der Waals surface area contributed by atoms with Crippen LogP contribution in [0.25, 0.3) is 0 Å². The molecule has 4 rings (SSSR count). The Morgan fingerprint density at radius 2 is 1.94 bits per heavy atom. The summed E-state index contributed by atoms with van der Waals surface area (Å²) < 4.78 is 12.1. The largest absolute Gasteiger partial charge is 0.496 e. The van der Waals surface area contributed by atoms with Gasteiger partial charge in [-0.25, -0.2) is 4.79 Å². The Morgan fingerprint density at radius 1 is 1.16 bits per heavy atom. The van der Waals surface area contributed by atoms with Crippen molar-refractivity contribution in [3.8, 4) is 5.75 Å². The lowest BCUT2D eigenvalue weighted by Gasteiger charge is -2.34. The number of esters is 1. The van der Waals surface area contributed by atoms with E-state index in [1.807, 2.05) is 55.5 Å². The van der Waals surface area contributed by atoms with Gasteiger partial charge in [-0.2, -0.15) is 0 Å². The average Bonchev–Trinajstić information content (AvgIpc) is 2.77. The van der Waals surface area contributed by atoms with Gasteiger partial charge in [0.2, 0.25) is 0 Å². The molecule has 5 nitrogen and oxygen atoms in total. The van der Waals surface area contributed by atoms with E-state index in [4.69, 9.17) is 9.47 Å². The van der Waals surface area contributed by atoms with E-state index in [0.29, 0.717) is 29.0 Å². The van der Waals surface area contributed by atoms with Crippen molar-refractivity contribution in [3.63, 3.8) is 0 Å². The molecule has 0 spiro atoms. The number of methoxy groups -OCH3 is 1. The average molecular weight is 482 g/mol. The molecule has 31 heavy (non-hydrogen) atoms. The number of benzene rings is 2. The Balaban J connectivity index is 1.78. The number of nitrogens with one attached hydrogen (secondary N) is 1. The number of Topliss-reactive ketones (excluding diaryl/α,β-unsaturated/α-hetero) is 1. The summed E-state index contributed by atoms with van der Waals surface area (Å²) in [6.07, 6.45) is 2.05. The second kappa shape index (κ2) is 9.10. The minimum absolute atomic E-state index is 0.0571. The lowest BCUT2D eigenvalue weighted by Crippen LogP contribution is -2.34. The van der Waals surface area contributed by atoms with Gasteiger partial charge in [-0.1, -0.05) is 46.3 Å². The summed E-state index contributed by atoms with van der Waals surface area (Å²) in [5, 5.41) is 3.31. The number of allylic oxidation sites excluding steroid dienone is 3. The van der Waals surface area contributed by atoms with Crippen LogP contribution in [0.2, 0.25) is 0 Å². The van der Waals surface area contributed by atoms with Crippen LogP contribution in [0, 0.1) is 0 Å². The molecule has 0 amide bonds. The first-order valence-electron chi connectivity index (χ1n) is 10.3. The third-order valence-electron chi connectivity index (χ3n) is 5.71. The Bertz CT molecular complexity index is 1090. The van der Waals surface area contributed by atoms with E-state index in [0.717, 1.165) is 34.1 Å². The van der Waals surface area contributed by atoms with Crippen molar-refractivity contribution in [2.24, 2.45) is 0 Å². The van der Waals surface area contributed by atoms with Crippen molar-refractivity contribution in [1.82, 2.24) is 5.32 Å². The molecule has 0 aromatic heterocycles. The molecule has 6 heteroatoms. The Hall–Kier alpha value is -2.86. The van der Waals surface area contributed by atoms with Crippen molar-refractivity contribution in [1.29, 1.82) is 0 Å². The van der Waals surface area contributed by atoms with E-state index < -0.39 is 11.9 Å². The SMILES string of the molecule is COc1ccc(Br)cc1C1C(C(=O)OCc2ccccc2)=C(C)NC2=C1C(=O)CCC2. The van der Waals surface area contributed by atoms with Crippen LogP contribution >= 0.6 is 15.9 Å². The van der Waals surface area contributed by atoms with Gasteiger partial charge in [0.25, 0.3) is 0 Å². The highest BCUT2D eigenvalue weighted by atomic mass is 79.9. The fourth-order valence-electron chi connectivity index (χ4n) is 4.30. The Morgan fingerprint density at radius 3 is 2.68 bits per heavy atom. The minimum atomic E-state index is -0.542. The predicted octanol–water partition coefficient (Wildman–Crippen LogP) is 5.17. The number of carbonyl (C=O) groups excluding carboxylic acids is 2. The van der Waals surface area contributed by atoms with Crippen LogP contribution in [0.5, 0.6) is 5.75 Å². The van der Waals surface area contributed by atoms with Gasteiger partial charge in [-0.05, 0) is 43.5 Å². The highest BCUT2D eigenvalue weighted by Gasteiger charge is 2.40. The van der Waals surface area contributed by atoms with Gasteiger partial charge < -0.3 is 14.8 Å². The molecule has 0 bridgehead atoms. The van der Waals surface area contributed by atoms with Crippen LogP contribution in [0.1, 0.15) is 43.2 Å². The molecule has 0 saturated heterocycles. The standard InChI is InChI=1S/C25H24BrNO4/c1-15-22(25(29)31-14-16-7-4-3-5-8-16)23(18-13-17(26)11-12-21(18)30-2)24-19(27-15)9-6-10-20(24)28/h3-5,7-8,11-13,23,27H,6,9-10,14H2,1-2H3. The van der Waals surface area contributed by atoms with Crippen LogP contribution < -0.4 is 10.1 Å². The van der Waals surface area contributed by atoms with Crippen molar-refractivity contribution in [3.05, 3.63) is 86.7 Å². The second-order valence-corrected chi connectivity index (χ2v) is 8.63. The summed E-state index contributed by atoms with van der Waals surface area (Å²) >= 11 is 3.52. The third kappa shape index (κ3) is 4.30.